The number of likely N-dealkylation sites (tertiary alicyclic amines) is 1. The van der Waals surface area contributed by atoms with Crippen LogP contribution in [0.3, 0.4) is 0 Å². The monoisotopic (exact) mass is 390 g/mol. The zero-order valence-electron chi connectivity index (χ0n) is 16.0. The van der Waals surface area contributed by atoms with Crippen LogP contribution in [0, 0.1) is 0 Å². The maximum atomic E-state index is 12.2. The Morgan fingerprint density at radius 1 is 1.26 bits per heavy atom. The molecule has 0 bridgehead atoms. The summed E-state index contributed by atoms with van der Waals surface area (Å²) in [7, 11) is 0. The Morgan fingerprint density at radius 3 is 2.74 bits per heavy atom. The summed E-state index contributed by atoms with van der Waals surface area (Å²) in [4.78, 5) is 14.7. The lowest BCUT2D eigenvalue weighted by Crippen LogP contribution is -2.44. The predicted molar refractivity (Wildman–Crippen MR) is 109 cm³/mol. The van der Waals surface area contributed by atoms with Crippen molar-refractivity contribution in [1.29, 1.82) is 0 Å². The molecule has 1 aromatic rings. The molecule has 1 aromatic carbocycles. The maximum Gasteiger partial charge on any atom is 0.244 e. The number of rotatable bonds is 5. The molecule has 3 rings (SSSR count). The van der Waals surface area contributed by atoms with E-state index in [2.05, 4.69) is 30.1 Å². The highest BCUT2D eigenvalue weighted by molar-refractivity contribution is 6.32. The number of carbonyl (C=O) groups is 1. The fourth-order valence-electron chi connectivity index (χ4n) is 3.22. The van der Waals surface area contributed by atoms with Crippen LogP contribution in [0.2, 0.25) is 5.02 Å². The number of nitrogens with zero attached hydrogens (tertiary/aromatic N) is 1. The summed E-state index contributed by atoms with van der Waals surface area (Å²) >= 11 is 6.23. The summed E-state index contributed by atoms with van der Waals surface area (Å²) < 4.78 is 11.1. The predicted octanol–water partition coefficient (Wildman–Crippen LogP) is 3.67. The van der Waals surface area contributed by atoms with Gasteiger partial charge in [0, 0.05) is 31.8 Å². The number of fused-ring (bicyclic) bond motifs is 1. The molecule has 1 amide bonds. The van der Waals surface area contributed by atoms with Gasteiger partial charge < -0.3 is 14.8 Å². The number of hydrogen-bond acceptors (Lipinski definition) is 4. The van der Waals surface area contributed by atoms with E-state index in [1.54, 1.807) is 18.2 Å². The third-order valence-corrected chi connectivity index (χ3v) is 5.02. The molecule has 0 atom stereocenters. The second-order valence-electron chi connectivity index (χ2n) is 7.23. The van der Waals surface area contributed by atoms with Crippen LogP contribution in [0.15, 0.2) is 29.9 Å². The zero-order valence-corrected chi connectivity index (χ0v) is 16.7. The van der Waals surface area contributed by atoms with Gasteiger partial charge in [0.1, 0.15) is 13.2 Å². The number of carbonyl (C=O) groups excluding carboxylic acids is 1. The van der Waals surface area contributed by atoms with Crippen molar-refractivity contribution in [3.8, 4) is 11.5 Å². The highest BCUT2D eigenvalue weighted by Crippen LogP contribution is 2.38. The molecule has 0 saturated carbocycles. The van der Waals surface area contributed by atoms with Gasteiger partial charge >= 0.3 is 0 Å². The molecule has 2 aliphatic rings. The van der Waals surface area contributed by atoms with Gasteiger partial charge in [-0.05, 0) is 50.5 Å². The quantitative estimate of drug-likeness (QED) is 0.615. The second kappa shape index (κ2) is 9.29. The van der Waals surface area contributed by atoms with Gasteiger partial charge in [-0.2, -0.15) is 0 Å². The summed E-state index contributed by atoms with van der Waals surface area (Å²) in [6, 6.07) is 3.85. The van der Waals surface area contributed by atoms with Crippen LogP contribution in [0.5, 0.6) is 11.5 Å². The molecule has 0 radical (unpaired) electrons. The summed E-state index contributed by atoms with van der Waals surface area (Å²) in [6.07, 6.45) is 7.51. The Labute approximate surface area is 166 Å². The molecule has 1 fully saturated rings. The molecule has 5 nitrogen and oxygen atoms in total. The fraction of sp³-hybridized carbons (Fsp3) is 0.476. The van der Waals surface area contributed by atoms with E-state index in [0.29, 0.717) is 29.7 Å². The minimum Gasteiger partial charge on any atom is -0.486 e. The van der Waals surface area contributed by atoms with Crippen LogP contribution < -0.4 is 14.8 Å². The zero-order chi connectivity index (χ0) is 19.2. The van der Waals surface area contributed by atoms with Gasteiger partial charge in [-0.25, -0.2) is 0 Å². The van der Waals surface area contributed by atoms with Crippen molar-refractivity contribution < 1.29 is 14.3 Å². The van der Waals surface area contributed by atoms with E-state index < -0.39 is 0 Å². The summed E-state index contributed by atoms with van der Waals surface area (Å²) in [6.45, 7) is 8.25. The number of allylic oxidation sites excluding steroid dienone is 1. The number of hydrogen-bond donors (Lipinski definition) is 1. The topological polar surface area (TPSA) is 50.8 Å². The number of piperidine rings is 1. The van der Waals surface area contributed by atoms with Crippen LogP contribution in [0.25, 0.3) is 6.08 Å². The van der Waals surface area contributed by atoms with E-state index in [9.17, 15) is 4.79 Å². The van der Waals surface area contributed by atoms with Crippen LogP contribution in [-0.2, 0) is 4.79 Å². The van der Waals surface area contributed by atoms with Gasteiger partial charge in [0.05, 0.1) is 5.02 Å². The first-order chi connectivity index (χ1) is 13.0. The average Bonchev–Trinajstić information content (AvgIpc) is 2.66. The average molecular weight is 391 g/mol. The lowest BCUT2D eigenvalue weighted by atomic mass is 10.0. The molecule has 146 valence electrons. The first kappa shape index (κ1) is 19.8. The lowest BCUT2D eigenvalue weighted by molar-refractivity contribution is -0.117. The highest BCUT2D eigenvalue weighted by atomic mass is 35.5. The first-order valence-corrected chi connectivity index (χ1v) is 9.82. The van der Waals surface area contributed by atoms with Crippen molar-refractivity contribution in [2.75, 3.05) is 32.8 Å². The molecule has 0 aliphatic carbocycles. The number of ether oxygens (including phenoxy) is 2. The van der Waals surface area contributed by atoms with Gasteiger partial charge in [-0.1, -0.05) is 23.3 Å². The van der Waals surface area contributed by atoms with Crippen molar-refractivity contribution in [2.24, 2.45) is 0 Å². The maximum absolute atomic E-state index is 12.2. The Bertz CT molecular complexity index is 733. The van der Waals surface area contributed by atoms with Crippen LogP contribution in [0.4, 0.5) is 0 Å². The largest absolute Gasteiger partial charge is 0.486 e. The molecule has 0 unspecified atom stereocenters. The van der Waals surface area contributed by atoms with Crippen molar-refractivity contribution in [3.63, 3.8) is 0 Å². The Hall–Kier alpha value is -1.98. The number of amides is 1. The van der Waals surface area contributed by atoms with Gasteiger partial charge in [-0.3, -0.25) is 9.69 Å². The number of nitrogens with one attached hydrogen (secondary N) is 1. The second-order valence-corrected chi connectivity index (χ2v) is 7.63. The van der Waals surface area contributed by atoms with Crippen LogP contribution in [-0.4, -0.2) is 49.7 Å². The van der Waals surface area contributed by atoms with E-state index in [-0.39, 0.29) is 11.9 Å². The number of benzene rings is 1. The standard InChI is InChI=1S/C21H27ClN2O3/c1-15(2)5-8-24-9-6-17(7-10-24)23-20(25)4-3-16-13-18(22)21-19(14-16)26-11-12-27-21/h3-5,13-14,17H,6-12H2,1-2H3,(H,23,25)/b4-3+. The third kappa shape index (κ3) is 5.75. The van der Waals surface area contributed by atoms with Gasteiger partial charge in [0.15, 0.2) is 11.5 Å². The summed E-state index contributed by atoms with van der Waals surface area (Å²) in [5.74, 6) is 1.12. The fourth-order valence-corrected chi connectivity index (χ4v) is 3.49. The van der Waals surface area contributed by atoms with E-state index in [1.807, 2.05) is 6.07 Å². The minimum absolute atomic E-state index is 0.0799. The molecule has 1 N–H and O–H groups in total. The molecular formula is C21H27ClN2O3. The van der Waals surface area contributed by atoms with E-state index in [1.165, 1.54) is 5.57 Å². The van der Waals surface area contributed by atoms with E-state index in [0.717, 1.165) is 38.0 Å². The van der Waals surface area contributed by atoms with Crippen molar-refractivity contribution in [1.82, 2.24) is 10.2 Å². The summed E-state index contributed by atoms with van der Waals surface area (Å²) in [5, 5.41) is 3.59. The van der Waals surface area contributed by atoms with Crippen LogP contribution >= 0.6 is 11.6 Å². The van der Waals surface area contributed by atoms with Crippen molar-refractivity contribution in [3.05, 3.63) is 40.4 Å². The number of halogens is 1. The van der Waals surface area contributed by atoms with E-state index >= 15 is 0 Å². The molecule has 6 heteroatoms. The molecule has 0 spiro atoms. The molecule has 27 heavy (non-hydrogen) atoms. The van der Waals surface area contributed by atoms with E-state index in [4.69, 9.17) is 21.1 Å². The summed E-state index contributed by atoms with van der Waals surface area (Å²) in [5.41, 5.74) is 2.16. The Kier molecular flexibility index (Phi) is 6.80. The smallest absolute Gasteiger partial charge is 0.244 e. The van der Waals surface area contributed by atoms with Crippen LogP contribution in [0.1, 0.15) is 32.3 Å². The van der Waals surface area contributed by atoms with Gasteiger partial charge in [-0.15, -0.1) is 0 Å². The molecular weight excluding hydrogens is 364 g/mol. The minimum atomic E-state index is -0.0799. The highest BCUT2D eigenvalue weighted by Gasteiger charge is 2.19. The van der Waals surface area contributed by atoms with Gasteiger partial charge in [0.25, 0.3) is 0 Å². The van der Waals surface area contributed by atoms with Crippen molar-refractivity contribution >= 4 is 23.6 Å². The Morgan fingerprint density at radius 2 is 2.00 bits per heavy atom. The Balaban J connectivity index is 1.50. The SMILES string of the molecule is CC(C)=CCN1CCC(NC(=O)/C=C/c2cc(Cl)c3c(c2)OCCO3)CC1. The van der Waals surface area contributed by atoms with Crippen molar-refractivity contribution in [2.45, 2.75) is 32.7 Å². The first-order valence-electron chi connectivity index (χ1n) is 9.44. The normalized spacial score (nSPS) is 17.7. The molecule has 2 heterocycles. The van der Waals surface area contributed by atoms with Gasteiger partial charge in [0.2, 0.25) is 5.91 Å². The molecule has 2 aliphatic heterocycles. The molecule has 1 saturated heterocycles. The third-order valence-electron chi connectivity index (χ3n) is 4.74. The lowest BCUT2D eigenvalue weighted by Gasteiger charge is -2.31. The molecule has 0 aromatic heterocycles.